The first kappa shape index (κ1) is 27.7. The van der Waals surface area contributed by atoms with Crippen molar-refractivity contribution in [1.82, 2.24) is 20.5 Å². The summed E-state index contributed by atoms with van der Waals surface area (Å²) in [7, 11) is 1.09. The number of amidine groups is 1. The van der Waals surface area contributed by atoms with E-state index >= 15 is 4.39 Å². The number of hydrogen-bond acceptors (Lipinski definition) is 8. The number of methoxy groups -OCH3 is 1. The van der Waals surface area contributed by atoms with Crippen molar-refractivity contribution in [2.24, 2.45) is 5.73 Å². The molecule has 2 atom stereocenters. The number of halogens is 2. The predicted molar refractivity (Wildman–Crippen MR) is 132 cm³/mol. The van der Waals surface area contributed by atoms with Crippen LogP contribution in [0.3, 0.4) is 0 Å². The number of likely N-dealkylation sites (tertiary alicyclic amines) is 1. The van der Waals surface area contributed by atoms with Gasteiger partial charge in [-0.25, -0.2) is 14.2 Å². The van der Waals surface area contributed by atoms with Crippen molar-refractivity contribution in [1.29, 1.82) is 10.7 Å². The van der Waals surface area contributed by atoms with Crippen LogP contribution in [0.15, 0.2) is 30.0 Å². The molecule has 0 radical (unpaired) electrons. The molecule has 0 bridgehead atoms. The molecule has 1 aliphatic carbocycles. The Morgan fingerprint density at radius 3 is 2.81 bits per heavy atom. The largest absolute Gasteiger partial charge is 0.453 e. The molecule has 2 heterocycles. The number of allylic oxidation sites excluding steroid dienone is 2. The Morgan fingerprint density at radius 1 is 1.43 bits per heavy atom. The third-order valence-corrected chi connectivity index (χ3v) is 6.68. The Morgan fingerprint density at radius 2 is 2.22 bits per heavy atom. The molecule has 37 heavy (non-hydrogen) atoms. The zero-order valence-electron chi connectivity index (χ0n) is 20.7. The van der Waals surface area contributed by atoms with Gasteiger partial charge in [0, 0.05) is 31.4 Å². The summed E-state index contributed by atoms with van der Waals surface area (Å²) in [5.41, 5.74) is 5.55. The van der Waals surface area contributed by atoms with Gasteiger partial charge in [-0.05, 0) is 43.7 Å². The average molecular weight is 516 g/mol. The summed E-state index contributed by atoms with van der Waals surface area (Å²) in [6, 6.07) is 5.43. The van der Waals surface area contributed by atoms with Crippen LogP contribution in [0.2, 0.25) is 0 Å². The molecular weight excluding hydrogens is 484 g/mol. The summed E-state index contributed by atoms with van der Waals surface area (Å²) in [4.78, 5) is 29.0. The molecule has 1 saturated heterocycles. The molecule has 198 valence electrons. The first-order valence-corrected chi connectivity index (χ1v) is 12.0. The maximum atomic E-state index is 15.5. The number of alkyl carbamates (subject to hydrolysis) is 1. The van der Waals surface area contributed by atoms with Gasteiger partial charge in [0.25, 0.3) is 5.91 Å². The van der Waals surface area contributed by atoms with Crippen molar-refractivity contribution < 1.29 is 23.1 Å². The summed E-state index contributed by atoms with van der Waals surface area (Å²) in [6.45, 7) is 0.384. The van der Waals surface area contributed by atoms with Crippen LogP contribution >= 0.6 is 0 Å². The summed E-state index contributed by atoms with van der Waals surface area (Å²) in [5.74, 6) is -2.26. The van der Waals surface area contributed by atoms with Crippen molar-refractivity contribution in [2.75, 3.05) is 20.2 Å². The van der Waals surface area contributed by atoms with Gasteiger partial charge in [-0.2, -0.15) is 9.65 Å². The lowest BCUT2D eigenvalue weighted by Gasteiger charge is -2.43. The zero-order valence-corrected chi connectivity index (χ0v) is 20.7. The number of ether oxygens (including phenoxy) is 1. The van der Waals surface area contributed by atoms with Gasteiger partial charge in [0.1, 0.15) is 12.0 Å². The molecule has 2 amide bonds. The highest BCUT2D eigenvalue weighted by atomic mass is 19.1. The van der Waals surface area contributed by atoms with E-state index in [1.807, 2.05) is 11.4 Å². The highest BCUT2D eigenvalue weighted by Crippen LogP contribution is 2.31. The normalized spacial score (nSPS) is 22.4. The second kappa shape index (κ2) is 12.4. The van der Waals surface area contributed by atoms with E-state index < -0.39 is 41.1 Å². The Balaban J connectivity index is 1.70. The molecule has 1 aromatic rings. The molecule has 0 aromatic carbocycles. The molecule has 3 rings (SSSR count). The number of alkyl halides is 1. The van der Waals surface area contributed by atoms with E-state index in [-0.39, 0.29) is 25.9 Å². The van der Waals surface area contributed by atoms with E-state index in [4.69, 9.17) is 11.1 Å². The number of aromatic nitrogens is 1. The molecule has 0 spiro atoms. The lowest BCUT2D eigenvalue weighted by atomic mass is 9.83. The third kappa shape index (κ3) is 6.89. The van der Waals surface area contributed by atoms with Crippen molar-refractivity contribution in [3.05, 3.63) is 47.2 Å². The minimum absolute atomic E-state index is 0.0986. The first-order valence-electron chi connectivity index (χ1n) is 12.0. The Bertz CT molecular complexity index is 1150. The van der Waals surface area contributed by atoms with Crippen LogP contribution in [0.25, 0.3) is 5.57 Å². The number of nitriles is 1. The maximum absolute atomic E-state index is 15.5. The fourth-order valence-corrected chi connectivity index (χ4v) is 4.48. The molecule has 1 aromatic heterocycles. The van der Waals surface area contributed by atoms with Gasteiger partial charge in [0.05, 0.1) is 36.4 Å². The second-order valence-electron chi connectivity index (χ2n) is 9.12. The number of nitrogens with zero attached hydrogens (tertiary/aromatic N) is 3. The lowest BCUT2D eigenvalue weighted by molar-refractivity contribution is -0.114. The number of nitrogens with two attached hydrogens (primary N) is 1. The number of rotatable bonds is 8. The van der Waals surface area contributed by atoms with Gasteiger partial charge in [0.2, 0.25) is 5.95 Å². The van der Waals surface area contributed by atoms with Crippen LogP contribution in [-0.4, -0.2) is 59.6 Å². The third-order valence-electron chi connectivity index (χ3n) is 6.68. The maximum Gasteiger partial charge on any atom is 0.412 e. The fourth-order valence-electron chi connectivity index (χ4n) is 4.48. The molecule has 0 saturated carbocycles. The van der Waals surface area contributed by atoms with Gasteiger partial charge < -0.3 is 15.8 Å². The molecule has 1 fully saturated rings. The van der Waals surface area contributed by atoms with Crippen LogP contribution in [-0.2, 0) is 16.1 Å². The standard InChI is InChI=1S/C25H31F2N7O3/c1-37-24(36)33-22(29)18(23(30)35)13-31-25(9-11-28)10-12-34(15-20(25)26)14-17-7-8-19(32-21(17)27)16-5-3-2-4-6-16/h5,7-8,13,20,31H,2-4,6,9-10,12,14-15H2,1H3,(H2,30,35)(H2,29,33,36)/b18-13+. The summed E-state index contributed by atoms with van der Waals surface area (Å²) in [5, 5.41) is 22.0. The van der Waals surface area contributed by atoms with Crippen molar-refractivity contribution in [2.45, 2.75) is 56.8 Å². The number of carbonyl (C=O) groups excluding carboxylic acids is 2. The van der Waals surface area contributed by atoms with E-state index in [2.05, 4.69) is 21.1 Å². The number of carbonyl (C=O) groups is 2. The smallest absolute Gasteiger partial charge is 0.412 e. The van der Waals surface area contributed by atoms with Crippen LogP contribution in [0.4, 0.5) is 13.6 Å². The zero-order chi connectivity index (χ0) is 27.0. The molecule has 1 aliphatic heterocycles. The average Bonchev–Trinajstić information content (AvgIpc) is 2.87. The highest BCUT2D eigenvalue weighted by Gasteiger charge is 2.43. The van der Waals surface area contributed by atoms with E-state index in [0.29, 0.717) is 17.8 Å². The quantitative estimate of drug-likeness (QED) is 0.179. The summed E-state index contributed by atoms with van der Waals surface area (Å²) in [6.07, 6.45) is 4.51. The van der Waals surface area contributed by atoms with Crippen molar-refractivity contribution in [3.63, 3.8) is 0 Å². The molecule has 2 unspecified atom stereocenters. The van der Waals surface area contributed by atoms with E-state index in [0.717, 1.165) is 44.6 Å². The van der Waals surface area contributed by atoms with E-state index in [1.165, 1.54) is 0 Å². The number of primary amides is 1. The van der Waals surface area contributed by atoms with Crippen LogP contribution in [0.5, 0.6) is 0 Å². The molecule has 5 N–H and O–H groups in total. The minimum Gasteiger partial charge on any atom is -0.453 e. The predicted octanol–water partition coefficient (Wildman–Crippen LogP) is 2.67. The Hall–Kier alpha value is -3.85. The molecular formula is C25H31F2N7O3. The van der Waals surface area contributed by atoms with Crippen LogP contribution in [0.1, 0.15) is 49.8 Å². The van der Waals surface area contributed by atoms with Crippen molar-refractivity contribution in [3.8, 4) is 6.07 Å². The van der Waals surface area contributed by atoms with Crippen LogP contribution in [0, 0.1) is 22.7 Å². The Kier molecular flexibility index (Phi) is 9.30. The topological polar surface area (TPSA) is 157 Å². The molecule has 10 nitrogen and oxygen atoms in total. The number of hydrogen-bond donors (Lipinski definition) is 4. The van der Waals surface area contributed by atoms with Gasteiger partial charge in [-0.1, -0.05) is 12.1 Å². The minimum atomic E-state index is -1.57. The van der Waals surface area contributed by atoms with Gasteiger partial charge in [0.15, 0.2) is 0 Å². The fraction of sp³-hybridized carbons (Fsp3) is 0.480. The first-order chi connectivity index (χ1) is 17.7. The number of nitrogens with one attached hydrogen (secondary N) is 3. The Labute approximate surface area is 214 Å². The number of amides is 2. The van der Waals surface area contributed by atoms with E-state index in [1.54, 1.807) is 17.0 Å². The highest BCUT2D eigenvalue weighted by molar-refractivity contribution is 6.21. The number of pyridine rings is 1. The SMILES string of the molecule is COC(=O)NC(=N)/C(=C\NC1(CC#N)CCN(Cc2ccc(C3=CCCCC3)nc2F)CC1F)C(N)=O. The van der Waals surface area contributed by atoms with Gasteiger partial charge in [-0.3, -0.25) is 20.4 Å². The molecule has 2 aliphatic rings. The van der Waals surface area contributed by atoms with Crippen LogP contribution < -0.4 is 16.4 Å². The van der Waals surface area contributed by atoms with Gasteiger partial charge in [-0.15, -0.1) is 0 Å². The summed E-state index contributed by atoms with van der Waals surface area (Å²) < 4.78 is 34.7. The van der Waals surface area contributed by atoms with Gasteiger partial charge >= 0.3 is 6.09 Å². The lowest BCUT2D eigenvalue weighted by Crippen LogP contribution is -2.60. The van der Waals surface area contributed by atoms with E-state index in [9.17, 15) is 19.2 Å². The monoisotopic (exact) mass is 515 g/mol. The molecule has 12 heteroatoms. The number of piperidine rings is 1. The van der Waals surface area contributed by atoms with Crippen molar-refractivity contribution >= 4 is 23.4 Å². The second-order valence-corrected chi connectivity index (χ2v) is 9.12. The summed E-state index contributed by atoms with van der Waals surface area (Å²) >= 11 is 0.